The number of nitriles is 1. The van der Waals surface area contributed by atoms with Crippen molar-refractivity contribution in [3.63, 3.8) is 0 Å². The molecule has 1 aromatic carbocycles. The molecule has 0 aliphatic rings. The minimum Gasteiger partial charge on any atom is -0.477 e. The zero-order valence-corrected chi connectivity index (χ0v) is 14.3. The lowest BCUT2D eigenvalue weighted by Gasteiger charge is -2.14. The van der Waals surface area contributed by atoms with E-state index in [4.69, 9.17) is 10.00 Å². The van der Waals surface area contributed by atoms with E-state index in [0.29, 0.717) is 23.9 Å². The summed E-state index contributed by atoms with van der Waals surface area (Å²) < 4.78 is 44.6. The Bertz CT molecular complexity index is 755. The second-order valence-corrected chi connectivity index (χ2v) is 5.63. The van der Waals surface area contributed by atoms with Crippen molar-refractivity contribution < 1.29 is 17.9 Å². The maximum atomic E-state index is 13.1. The number of hydrogen-bond donors (Lipinski definition) is 1. The van der Waals surface area contributed by atoms with Gasteiger partial charge in [-0.1, -0.05) is 26.2 Å². The molecule has 1 aromatic heterocycles. The van der Waals surface area contributed by atoms with Gasteiger partial charge in [-0.2, -0.15) is 23.4 Å². The highest BCUT2D eigenvalue weighted by molar-refractivity contribution is 5.55. The lowest BCUT2D eigenvalue weighted by atomic mass is 10.2. The molecule has 8 heteroatoms. The highest BCUT2D eigenvalue weighted by Gasteiger charge is 2.36. The monoisotopic (exact) mass is 364 g/mol. The second-order valence-electron chi connectivity index (χ2n) is 5.63. The van der Waals surface area contributed by atoms with Crippen LogP contribution in [0.1, 0.15) is 43.7 Å². The number of unbranched alkanes of at least 4 members (excludes halogenated alkanes) is 3. The first kappa shape index (κ1) is 19.5. The van der Waals surface area contributed by atoms with E-state index >= 15 is 0 Å². The summed E-state index contributed by atoms with van der Waals surface area (Å²) in [6.45, 7) is 2.21. The van der Waals surface area contributed by atoms with Crippen LogP contribution in [0, 0.1) is 11.3 Å². The van der Waals surface area contributed by atoms with Gasteiger partial charge in [0.15, 0.2) is 0 Å². The fourth-order valence-corrected chi connectivity index (χ4v) is 2.19. The van der Waals surface area contributed by atoms with E-state index in [9.17, 15) is 13.2 Å². The van der Waals surface area contributed by atoms with Crippen molar-refractivity contribution in [3.05, 3.63) is 41.6 Å². The molecule has 0 unspecified atom stereocenters. The van der Waals surface area contributed by atoms with E-state index in [1.54, 1.807) is 24.3 Å². The minimum absolute atomic E-state index is 0.00809. The highest BCUT2D eigenvalue weighted by atomic mass is 19.4. The van der Waals surface area contributed by atoms with Crippen molar-refractivity contribution in [3.8, 4) is 11.9 Å². The normalized spacial score (nSPS) is 11.0. The Labute approximate surface area is 149 Å². The third kappa shape index (κ3) is 5.62. The zero-order valence-electron chi connectivity index (χ0n) is 14.3. The van der Waals surface area contributed by atoms with Gasteiger partial charge in [0, 0.05) is 11.9 Å². The Morgan fingerprint density at radius 3 is 2.50 bits per heavy atom. The van der Waals surface area contributed by atoms with Crippen LogP contribution >= 0.6 is 0 Å². The Balaban J connectivity index is 2.14. The number of aromatic nitrogens is 2. The lowest BCUT2D eigenvalue weighted by Crippen LogP contribution is -2.13. The van der Waals surface area contributed by atoms with Gasteiger partial charge in [0.05, 0.1) is 18.2 Å². The van der Waals surface area contributed by atoms with Crippen molar-refractivity contribution in [1.29, 1.82) is 5.26 Å². The Morgan fingerprint density at radius 1 is 1.15 bits per heavy atom. The smallest absolute Gasteiger partial charge is 0.423 e. The van der Waals surface area contributed by atoms with Gasteiger partial charge < -0.3 is 10.1 Å². The molecular formula is C18H19F3N4O. The summed E-state index contributed by atoms with van der Waals surface area (Å²) in [5, 5.41) is 11.6. The van der Waals surface area contributed by atoms with E-state index in [1.165, 1.54) is 0 Å². The third-order valence-electron chi connectivity index (χ3n) is 3.57. The average Bonchev–Trinajstić information content (AvgIpc) is 2.61. The van der Waals surface area contributed by atoms with Gasteiger partial charge in [0.25, 0.3) is 0 Å². The fraction of sp³-hybridized carbons (Fsp3) is 0.389. The lowest BCUT2D eigenvalue weighted by molar-refractivity contribution is -0.139. The number of alkyl halides is 3. The fourth-order valence-electron chi connectivity index (χ4n) is 2.19. The summed E-state index contributed by atoms with van der Waals surface area (Å²) in [6.07, 6.45) is -0.302. The van der Waals surface area contributed by atoms with Crippen LogP contribution in [0.5, 0.6) is 5.88 Å². The van der Waals surface area contributed by atoms with Gasteiger partial charge >= 0.3 is 6.18 Å². The van der Waals surface area contributed by atoms with Crippen LogP contribution in [-0.2, 0) is 6.18 Å². The molecule has 0 saturated heterocycles. The van der Waals surface area contributed by atoms with Gasteiger partial charge in [-0.05, 0) is 30.7 Å². The zero-order chi connectivity index (χ0) is 19.0. The Hall–Kier alpha value is -2.82. The number of ether oxygens (including phenoxy) is 1. The number of benzene rings is 1. The minimum atomic E-state index is -4.59. The molecular weight excluding hydrogens is 345 g/mol. The summed E-state index contributed by atoms with van der Waals surface area (Å²) in [5.41, 5.74) is 0.0241. The predicted octanol–water partition coefficient (Wildman–Crippen LogP) is 5.07. The van der Waals surface area contributed by atoms with E-state index in [2.05, 4.69) is 15.3 Å². The first-order valence-electron chi connectivity index (χ1n) is 8.28. The molecule has 0 fully saturated rings. The topological polar surface area (TPSA) is 70.8 Å². The largest absolute Gasteiger partial charge is 0.477 e. The number of halogens is 3. The van der Waals surface area contributed by atoms with Crippen LogP contribution in [0.25, 0.3) is 0 Å². The highest BCUT2D eigenvalue weighted by Crippen LogP contribution is 2.35. The predicted molar refractivity (Wildman–Crippen MR) is 91.1 cm³/mol. The Kier molecular flexibility index (Phi) is 6.78. The molecule has 1 heterocycles. The second kappa shape index (κ2) is 9.04. The molecule has 138 valence electrons. The number of anilines is 2. The summed E-state index contributed by atoms with van der Waals surface area (Å²) >= 11 is 0. The van der Waals surface area contributed by atoms with Crippen LogP contribution in [0.2, 0.25) is 0 Å². The van der Waals surface area contributed by atoms with E-state index in [0.717, 1.165) is 19.3 Å². The summed E-state index contributed by atoms with van der Waals surface area (Å²) in [6, 6.07) is 8.38. The van der Waals surface area contributed by atoms with Gasteiger partial charge in [-0.3, -0.25) is 0 Å². The molecule has 0 atom stereocenters. The van der Waals surface area contributed by atoms with E-state index in [-0.39, 0.29) is 12.6 Å². The SMILES string of the molecule is CCCCCCOc1nc(Nc2ccc(C#N)cc2)ncc1C(F)(F)F. The molecule has 5 nitrogen and oxygen atoms in total. The molecule has 0 aliphatic carbocycles. The molecule has 0 amide bonds. The van der Waals surface area contributed by atoms with Gasteiger partial charge in [-0.25, -0.2) is 4.98 Å². The van der Waals surface area contributed by atoms with E-state index < -0.39 is 17.6 Å². The number of nitrogens with one attached hydrogen (secondary N) is 1. The number of rotatable bonds is 8. The van der Waals surface area contributed by atoms with Gasteiger partial charge in [-0.15, -0.1) is 0 Å². The quantitative estimate of drug-likeness (QED) is 0.662. The standard InChI is InChI=1S/C18H19F3N4O/c1-2-3-4-5-10-26-16-15(18(19,20)21)12-23-17(25-16)24-14-8-6-13(11-22)7-9-14/h6-9,12H,2-5,10H2,1H3,(H,23,24,25). The van der Waals surface area contributed by atoms with Gasteiger partial charge in [0.1, 0.15) is 5.56 Å². The molecule has 0 aliphatic heterocycles. The summed E-state index contributed by atoms with van der Waals surface area (Å²) in [4.78, 5) is 7.58. The third-order valence-corrected chi connectivity index (χ3v) is 3.57. The van der Waals surface area contributed by atoms with Crippen molar-refractivity contribution in [2.45, 2.75) is 38.8 Å². The van der Waals surface area contributed by atoms with Crippen molar-refractivity contribution in [1.82, 2.24) is 9.97 Å². The number of nitrogens with zero attached hydrogens (tertiary/aromatic N) is 3. The number of hydrogen-bond acceptors (Lipinski definition) is 5. The van der Waals surface area contributed by atoms with Crippen molar-refractivity contribution >= 4 is 11.6 Å². The maximum Gasteiger partial charge on any atom is 0.423 e. The average molecular weight is 364 g/mol. The summed E-state index contributed by atoms with van der Waals surface area (Å²) in [7, 11) is 0. The Morgan fingerprint density at radius 2 is 1.88 bits per heavy atom. The molecule has 0 bridgehead atoms. The molecule has 1 N–H and O–H groups in total. The molecule has 0 spiro atoms. The molecule has 26 heavy (non-hydrogen) atoms. The van der Waals surface area contributed by atoms with Crippen LogP contribution in [0.15, 0.2) is 30.5 Å². The molecule has 2 aromatic rings. The van der Waals surface area contributed by atoms with Crippen LogP contribution < -0.4 is 10.1 Å². The van der Waals surface area contributed by atoms with Gasteiger partial charge in [0.2, 0.25) is 11.8 Å². The molecule has 0 saturated carbocycles. The van der Waals surface area contributed by atoms with E-state index in [1.807, 2.05) is 13.0 Å². The first-order chi connectivity index (χ1) is 12.4. The molecule has 0 radical (unpaired) electrons. The van der Waals surface area contributed by atoms with Crippen molar-refractivity contribution in [2.75, 3.05) is 11.9 Å². The first-order valence-corrected chi connectivity index (χ1v) is 8.28. The van der Waals surface area contributed by atoms with Crippen LogP contribution in [-0.4, -0.2) is 16.6 Å². The summed E-state index contributed by atoms with van der Waals surface area (Å²) in [5.74, 6) is -0.494. The van der Waals surface area contributed by atoms with Crippen molar-refractivity contribution in [2.24, 2.45) is 0 Å². The maximum absolute atomic E-state index is 13.1. The van der Waals surface area contributed by atoms with Crippen LogP contribution in [0.3, 0.4) is 0 Å². The molecule has 2 rings (SSSR count). The van der Waals surface area contributed by atoms with Crippen LogP contribution in [0.4, 0.5) is 24.8 Å².